The molecule has 0 radical (unpaired) electrons. The zero-order chi connectivity index (χ0) is 22.3. The van der Waals surface area contributed by atoms with Crippen molar-refractivity contribution in [2.24, 2.45) is 0 Å². The molecule has 0 saturated carbocycles. The average molecular weight is 418 g/mol. The van der Waals surface area contributed by atoms with Gasteiger partial charge in [-0.05, 0) is 51.0 Å². The third-order valence-electron chi connectivity index (χ3n) is 5.63. The molecule has 0 spiro atoms. The summed E-state index contributed by atoms with van der Waals surface area (Å²) in [5.74, 6) is -0.0224. The maximum atomic E-state index is 13.6. The van der Waals surface area contributed by atoms with Crippen molar-refractivity contribution in [3.05, 3.63) is 63.9 Å². The van der Waals surface area contributed by atoms with Gasteiger partial charge in [-0.15, -0.1) is 0 Å². The van der Waals surface area contributed by atoms with E-state index in [2.05, 4.69) is 6.92 Å². The normalized spacial score (nSPS) is 12.9. The Hall–Kier alpha value is -3.21. The lowest BCUT2D eigenvalue weighted by molar-refractivity contribution is 0.0951. The van der Waals surface area contributed by atoms with E-state index in [-0.39, 0.29) is 40.3 Å². The number of hydrogen-bond acceptors (Lipinski definition) is 5. The van der Waals surface area contributed by atoms with Crippen LogP contribution in [0.3, 0.4) is 0 Å². The second-order valence-electron chi connectivity index (χ2n) is 8.35. The summed E-state index contributed by atoms with van der Waals surface area (Å²) in [4.78, 5) is 39.5. The molecule has 5 heteroatoms. The number of fused-ring (bicyclic) bond motifs is 4. The highest BCUT2D eigenvalue weighted by atomic mass is 16.5. The molecule has 31 heavy (non-hydrogen) atoms. The summed E-state index contributed by atoms with van der Waals surface area (Å²) in [6.07, 6.45) is 3.05. The van der Waals surface area contributed by atoms with Gasteiger partial charge in [0.1, 0.15) is 11.3 Å². The molecule has 1 aliphatic rings. The van der Waals surface area contributed by atoms with E-state index < -0.39 is 0 Å². The van der Waals surface area contributed by atoms with Crippen LogP contribution in [0.1, 0.15) is 94.4 Å². The quantitative estimate of drug-likeness (QED) is 0.269. The molecule has 4 rings (SSSR count). The topological polar surface area (TPSA) is 73.6 Å². The number of aryl methyl sites for hydroxylation is 1. The van der Waals surface area contributed by atoms with Crippen molar-refractivity contribution in [1.29, 1.82) is 0 Å². The summed E-state index contributed by atoms with van der Waals surface area (Å²) in [5.41, 5.74) is 2.21. The highest BCUT2D eigenvalue weighted by molar-refractivity contribution is 6.32. The highest BCUT2D eigenvalue weighted by Crippen LogP contribution is 2.39. The predicted molar refractivity (Wildman–Crippen MR) is 118 cm³/mol. The number of Topliss-reactive ketones (excluding diaryl/α,β-unsaturated/α-hetero) is 1. The molecule has 0 atom stereocenters. The summed E-state index contributed by atoms with van der Waals surface area (Å²) in [6.45, 7) is 7.67. The van der Waals surface area contributed by atoms with Crippen molar-refractivity contribution in [1.82, 2.24) is 0 Å². The number of hydrogen-bond donors (Lipinski definition) is 0. The van der Waals surface area contributed by atoms with E-state index in [0.717, 1.165) is 24.8 Å². The number of furan rings is 1. The number of rotatable bonds is 7. The molecule has 0 bridgehead atoms. The first-order valence-electron chi connectivity index (χ1n) is 10.8. The number of ketones is 3. The standard InChI is InChI=1S/C26H26O5/c1-5-6-7-10-19(27)21-13-17-15(4)12-18-23(26(17)31-21)25(29)22-16(24(18)28)9-8-11-20(22)30-14(2)3/h8-9,11-14H,5-7,10H2,1-4H3. The summed E-state index contributed by atoms with van der Waals surface area (Å²) in [6, 6.07) is 8.49. The van der Waals surface area contributed by atoms with Crippen LogP contribution in [0.25, 0.3) is 11.0 Å². The van der Waals surface area contributed by atoms with Gasteiger partial charge >= 0.3 is 0 Å². The number of ether oxygens (including phenoxy) is 1. The number of carbonyl (C=O) groups excluding carboxylic acids is 3. The van der Waals surface area contributed by atoms with Gasteiger partial charge in [0.25, 0.3) is 0 Å². The molecular formula is C26H26O5. The molecule has 3 aromatic rings. The first kappa shape index (κ1) is 21.0. The minimum absolute atomic E-state index is 0.0865. The Balaban J connectivity index is 1.87. The van der Waals surface area contributed by atoms with Crippen LogP contribution >= 0.6 is 0 Å². The molecule has 1 heterocycles. The summed E-state index contributed by atoms with van der Waals surface area (Å²) < 4.78 is 11.8. The Morgan fingerprint density at radius 1 is 1.03 bits per heavy atom. The fourth-order valence-corrected chi connectivity index (χ4v) is 4.14. The van der Waals surface area contributed by atoms with Crippen LogP contribution in [0.2, 0.25) is 0 Å². The maximum Gasteiger partial charge on any atom is 0.202 e. The van der Waals surface area contributed by atoms with E-state index in [1.54, 1.807) is 30.3 Å². The van der Waals surface area contributed by atoms with Crippen LogP contribution in [0.4, 0.5) is 0 Å². The molecular weight excluding hydrogens is 392 g/mol. The second kappa shape index (κ2) is 8.14. The second-order valence-corrected chi connectivity index (χ2v) is 8.35. The Kier molecular flexibility index (Phi) is 5.52. The first-order chi connectivity index (χ1) is 14.8. The van der Waals surface area contributed by atoms with E-state index in [9.17, 15) is 14.4 Å². The molecule has 0 amide bonds. The molecule has 1 aliphatic carbocycles. The van der Waals surface area contributed by atoms with Crippen molar-refractivity contribution < 1.29 is 23.5 Å². The SMILES string of the molecule is CCCCCC(=O)c1cc2c(C)cc3c(c2o1)C(=O)c1c(OC(C)C)cccc1C3=O. The van der Waals surface area contributed by atoms with E-state index in [0.29, 0.717) is 34.3 Å². The van der Waals surface area contributed by atoms with E-state index in [1.165, 1.54) is 0 Å². The maximum absolute atomic E-state index is 13.6. The molecule has 0 aliphatic heterocycles. The zero-order valence-corrected chi connectivity index (χ0v) is 18.3. The highest BCUT2D eigenvalue weighted by Gasteiger charge is 2.36. The Labute approximate surface area is 181 Å². The van der Waals surface area contributed by atoms with Gasteiger partial charge in [0.05, 0.1) is 17.2 Å². The zero-order valence-electron chi connectivity index (χ0n) is 18.3. The number of carbonyl (C=O) groups is 3. The third-order valence-corrected chi connectivity index (χ3v) is 5.63. The fourth-order valence-electron chi connectivity index (χ4n) is 4.14. The lowest BCUT2D eigenvalue weighted by Gasteiger charge is -2.22. The van der Waals surface area contributed by atoms with Crippen LogP contribution in [-0.4, -0.2) is 23.5 Å². The predicted octanol–water partition coefficient (Wildman–Crippen LogP) is 6.07. The average Bonchev–Trinajstić information content (AvgIpc) is 3.17. The van der Waals surface area contributed by atoms with Gasteiger partial charge in [-0.3, -0.25) is 14.4 Å². The van der Waals surface area contributed by atoms with E-state index >= 15 is 0 Å². The number of unbranched alkanes of at least 4 members (excludes halogenated alkanes) is 2. The van der Waals surface area contributed by atoms with E-state index in [4.69, 9.17) is 9.15 Å². The molecule has 1 aromatic heterocycles. The molecule has 5 nitrogen and oxygen atoms in total. The molecule has 0 fully saturated rings. The summed E-state index contributed by atoms with van der Waals surface area (Å²) >= 11 is 0. The lowest BCUT2D eigenvalue weighted by atomic mass is 9.82. The van der Waals surface area contributed by atoms with Crippen LogP contribution in [-0.2, 0) is 0 Å². The van der Waals surface area contributed by atoms with Gasteiger partial charge in [-0.1, -0.05) is 31.9 Å². The monoisotopic (exact) mass is 418 g/mol. The molecule has 0 N–H and O–H groups in total. The van der Waals surface area contributed by atoms with Crippen molar-refractivity contribution >= 4 is 28.3 Å². The minimum atomic E-state index is -0.315. The van der Waals surface area contributed by atoms with Crippen LogP contribution in [0, 0.1) is 6.92 Å². The Morgan fingerprint density at radius 3 is 2.52 bits per heavy atom. The largest absolute Gasteiger partial charge is 0.490 e. The summed E-state index contributed by atoms with van der Waals surface area (Å²) in [5, 5.41) is 0.685. The van der Waals surface area contributed by atoms with Gasteiger partial charge in [0.15, 0.2) is 17.3 Å². The molecule has 160 valence electrons. The van der Waals surface area contributed by atoms with Gasteiger partial charge in [0.2, 0.25) is 5.78 Å². The van der Waals surface area contributed by atoms with Crippen molar-refractivity contribution in [2.45, 2.75) is 59.5 Å². The van der Waals surface area contributed by atoms with E-state index in [1.807, 2.05) is 20.8 Å². The van der Waals surface area contributed by atoms with Gasteiger partial charge < -0.3 is 9.15 Å². The van der Waals surface area contributed by atoms with Crippen molar-refractivity contribution in [3.8, 4) is 5.75 Å². The van der Waals surface area contributed by atoms with Crippen LogP contribution < -0.4 is 4.74 Å². The summed E-state index contributed by atoms with van der Waals surface area (Å²) in [7, 11) is 0. The molecule has 0 unspecified atom stereocenters. The van der Waals surface area contributed by atoms with Crippen LogP contribution in [0.15, 0.2) is 34.7 Å². The van der Waals surface area contributed by atoms with Crippen molar-refractivity contribution in [2.75, 3.05) is 0 Å². The Morgan fingerprint density at radius 2 is 1.81 bits per heavy atom. The fraction of sp³-hybridized carbons (Fsp3) is 0.346. The first-order valence-corrected chi connectivity index (χ1v) is 10.8. The van der Waals surface area contributed by atoms with Gasteiger partial charge in [-0.25, -0.2) is 0 Å². The molecule has 2 aromatic carbocycles. The molecule has 0 saturated heterocycles. The van der Waals surface area contributed by atoms with Gasteiger partial charge in [-0.2, -0.15) is 0 Å². The van der Waals surface area contributed by atoms with Gasteiger partial charge in [0, 0.05) is 22.9 Å². The van der Waals surface area contributed by atoms with Crippen LogP contribution in [0.5, 0.6) is 5.75 Å². The van der Waals surface area contributed by atoms with Crippen molar-refractivity contribution in [3.63, 3.8) is 0 Å². The third kappa shape index (κ3) is 3.58. The Bertz CT molecular complexity index is 1210. The lowest BCUT2D eigenvalue weighted by Crippen LogP contribution is -2.23. The minimum Gasteiger partial charge on any atom is -0.490 e. The number of benzene rings is 2. The smallest absolute Gasteiger partial charge is 0.202 e.